The molecule has 6 nitrogen and oxygen atoms in total. The maximum Gasteiger partial charge on any atom is 0.305 e. The highest BCUT2D eigenvalue weighted by molar-refractivity contribution is 5.76. The molecule has 0 aromatic rings. The van der Waals surface area contributed by atoms with Crippen molar-refractivity contribution in [1.82, 2.24) is 5.32 Å². The molecule has 0 aliphatic carbocycles. The minimum Gasteiger partial charge on any atom is -0.466 e. The zero-order chi connectivity index (χ0) is 65.6. The molecule has 1 amide bonds. The van der Waals surface area contributed by atoms with Crippen LogP contribution in [0.4, 0.5) is 0 Å². The molecule has 0 aliphatic heterocycles. The van der Waals surface area contributed by atoms with Gasteiger partial charge in [0.25, 0.3) is 0 Å². The van der Waals surface area contributed by atoms with Gasteiger partial charge in [0.05, 0.1) is 25.4 Å². The summed E-state index contributed by atoms with van der Waals surface area (Å²) in [6.45, 7) is 4.96. The lowest BCUT2D eigenvalue weighted by molar-refractivity contribution is -0.143. The SMILES string of the molecule is CCCCCCCCCCCCCCCCCCCCCCC/C=C/C(O)C(CO)NC(=O)CCCCCCCCCCCCCCCCCCC/C=C\C/C=C\CCCCCCCCCCCCCCCOC(=O)CCCCCCCCCCCCCCCC. The number of carbonyl (C=O) groups is 2. The van der Waals surface area contributed by atoms with Crippen LogP contribution >= 0.6 is 0 Å². The molecule has 0 aliphatic rings. The number of aliphatic hydroxyl groups is 2. The van der Waals surface area contributed by atoms with Gasteiger partial charge in [-0.25, -0.2) is 0 Å². The first-order chi connectivity index (χ1) is 45.0. The maximum absolute atomic E-state index is 12.6. The van der Waals surface area contributed by atoms with Crippen molar-refractivity contribution in [2.45, 2.75) is 482 Å². The molecule has 91 heavy (non-hydrogen) atoms. The van der Waals surface area contributed by atoms with Crippen molar-refractivity contribution in [3.8, 4) is 0 Å². The van der Waals surface area contributed by atoms with Crippen molar-refractivity contribution in [3.63, 3.8) is 0 Å². The predicted molar refractivity (Wildman–Crippen MR) is 403 cm³/mol. The first-order valence-electron chi connectivity index (χ1n) is 41.8. The van der Waals surface area contributed by atoms with Gasteiger partial charge in [0, 0.05) is 12.8 Å². The molecule has 0 aromatic carbocycles. The Bertz CT molecular complexity index is 1470. The number of esters is 1. The Morgan fingerprint density at radius 2 is 0.549 bits per heavy atom. The van der Waals surface area contributed by atoms with Crippen LogP contribution in [0.5, 0.6) is 0 Å². The van der Waals surface area contributed by atoms with Gasteiger partial charge in [-0.1, -0.05) is 429 Å². The lowest BCUT2D eigenvalue weighted by Crippen LogP contribution is -2.45. The van der Waals surface area contributed by atoms with Crippen LogP contribution in [0.2, 0.25) is 0 Å². The molecule has 538 valence electrons. The Morgan fingerprint density at radius 1 is 0.308 bits per heavy atom. The first kappa shape index (κ1) is 89.1. The average molecular weight is 1280 g/mol. The molecule has 2 unspecified atom stereocenters. The van der Waals surface area contributed by atoms with Crippen molar-refractivity contribution < 1.29 is 24.5 Å². The van der Waals surface area contributed by atoms with Gasteiger partial charge in [0.15, 0.2) is 0 Å². The van der Waals surface area contributed by atoms with Crippen LogP contribution in [0.1, 0.15) is 470 Å². The average Bonchev–Trinajstić information content (AvgIpc) is 3.62. The van der Waals surface area contributed by atoms with Crippen LogP contribution in [0.3, 0.4) is 0 Å². The van der Waals surface area contributed by atoms with Crippen molar-refractivity contribution in [2.24, 2.45) is 0 Å². The molecular weight excluding hydrogens is 1110 g/mol. The number of aliphatic hydroxyl groups excluding tert-OH is 2. The van der Waals surface area contributed by atoms with E-state index in [0.29, 0.717) is 19.4 Å². The lowest BCUT2D eigenvalue weighted by Gasteiger charge is -2.20. The van der Waals surface area contributed by atoms with E-state index in [9.17, 15) is 19.8 Å². The van der Waals surface area contributed by atoms with E-state index in [-0.39, 0.29) is 18.5 Å². The van der Waals surface area contributed by atoms with Gasteiger partial charge in [-0.15, -0.1) is 0 Å². The Labute approximate surface area is 570 Å². The second-order valence-corrected chi connectivity index (χ2v) is 28.8. The van der Waals surface area contributed by atoms with Gasteiger partial charge in [-0.05, 0) is 64.2 Å². The molecule has 6 heteroatoms. The van der Waals surface area contributed by atoms with Crippen LogP contribution in [0.15, 0.2) is 36.5 Å². The summed E-state index contributed by atoms with van der Waals surface area (Å²) < 4.78 is 5.50. The van der Waals surface area contributed by atoms with E-state index in [1.807, 2.05) is 6.08 Å². The number of rotatable bonds is 79. The van der Waals surface area contributed by atoms with Gasteiger partial charge in [-0.2, -0.15) is 0 Å². The lowest BCUT2D eigenvalue weighted by atomic mass is 10.0. The fraction of sp³-hybridized carbons (Fsp3) is 0.906. The smallest absolute Gasteiger partial charge is 0.305 e. The highest BCUT2D eigenvalue weighted by atomic mass is 16.5. The third kappa shape index (κ3) is 77.0. The van der Waals surface area contributed by atoms with Crippen LogP contribution in [0, 0.1) is 0 Å². The van der Waals surface area contributed by atoms with E-state index >= 15 is 0 Å². The summed E-state index contributed by atoms with van der Waals surface area (Å²) in [6, 6.07) is -0.627. The maximum atomic E-state index is 12.6. The standard InChI is InChI=1S/C85H163NO5/c1-3-5-7-9-11-13-15-17-19-20-21-22-38-41-44-47-50-53-57-61-65-69-73-77-83(88)82(81-87)86-84(89)78-74-70-66-62-58-54-51-48-45-42-39-36-34-32-30-28-26-24-23-25-27-29-31-33-35-37-40-43-46-49-52-56-60-64-68-72-76-80-91-85(90)79-75-71-67-63-59-55-18-16-14-12-10-8-6-4-2/h23,25,29,31,73,77,82-83,87-88H,3-22,24,26-28,30,32-72,74-76,78-81H2,1-2H3,(H,86,89)/b25-23-,31-29-,77-73+. The van der Waals surface area contributed by atoms with Gasteiger partial charge in [-0.3, -0.25) is 9.59 Å². The number of ether oxygens (including phenoxy) is 1. The zero-order valence-electron chi connectivity index (χ0n) is 61.9. The minimum absolute atomic E-state index is 0.0217. The third-order valence-electron chi connectivity index (χ3n) is 19.7. The van der Waals surface area contributed by atoms with Crippen molar-refractivity contribution in [3.05, 3.63) is 36.5 Å². The second-order valence-electron chi connectivity index (χ2n) is 28.8. The van der Waals surface area contributed by atoms with E-state index in [2.05, 4.69) is 43.5 Å². The van der Waals surface area contributed by atoms with Gasteiger partial charge in [0.2, 0.25) is 5.91 Å². The summed E-state index contributed by atoms with van der Waals surface area (Å²) in [5.74, 6) is -0.0385. The molecular formula is C85H163NO5. The molecule has 0 fully saturated rings. The number of allylic oxidation sites excluding steroid dienone is 5. The minimum atomic E-state index is -0.844. The first-order valence-corrected chi connectivity index (χ1v) is 41.8. The quantitative estimate of drug-likeness (QED) is 0.0320. The van der Waals surface area contributed by atoms with Gasteiger partial charge >= 0.3 is 5.97 Å². The number of hydrogen-bond donors (Lipinski definition) is 3. The topological polar surface area (TPSA) is 95.9 Å². The van der Waals surface area contributed by atoms with Crippen molar-refractivity contribution in [2.75, 3.05) is 13.2 Å². The number of amides is 1. The molecule has 2 atom stereocenters. The normalized spacial score (nSPS) is 12.6. The second kappa shape index (κ2) is 80.5. The van der Waals surface area contributed by atoms with Crippen LogP contribution < -0.4 is 5.32 Å². The molecule has 0 saturated heterocycles. The highest BCUT2D eigenvalue weighted by Gasteiger charge is 2.18. The summed E-state index contributed by atoms with van der Waals surface area (Å²) in [5.41, 5.74) is 0. The van der Waals surface area contributed by atoms with Crippen LogP contribution in [0.25, 0.3) is 0 Å². The molecule has 0 saturated carbocycles. The van der Waals surface area contributed by atoms with E-state index in [1.54, 1.807) is 6.08 Å². The van der Waals surface area contributed by atoms with Crippen molar-refractivity contribution >= 4 is 11.9 Å². The predicted octanol–water partition coefficient (Wildman–Crippen LogP) is 27.8. The monoisotopic (exact) mass is 1280 g/mol. The number of nitrogens with one attached hydrogen (secondary N) is 1. The summed E-state index contributed by atoms with van der Waals surface area (Å²) in [5, 5.41) is 23.3. The number of hydrogen-bond acceptors (Lipinski definition) is 5. The molecule has 0 radical (unpaired) electrons. The Kier molecular flexibility index (Phi) is 78.8. The molecule has 0 rings (SSSR count). The number of unbranched alkanes of at least 4 members (excludes halogenated alkanes) is 64. The molecule has 3 N–H and O–H groups in total. The van der Waals surface area contributed by atoms with Gasteiger partial charge < -0.3 is 20.3 Å². The van der Waals surface area contributed by atoms with Crippen LogP contribution in [-0.2, 0) is 14.3 Å². The van der Waals surface area contributed by atoms with E-state index < -0.39 is 12.1 Å². The zero-order valence-corrected chi connectivity index (χ0v) is 61.9. The van der Waals surface area contributed by atoms with E-state index in [0.717, 1.165) is 44.9 Å². The largest absolute Gasteiger partial charge is 0.466 e. The molecule has 0 spiro atoms. The Morgan fingerprint density at radius 3 is 0.835 bits per heavy atom. The van der Waals surface area contributed by atoms with Crippen molar-refractivity contribution in [1.29, 1.82) is 0 Å². The van der Waals surface area contributed by atoms with E-state index in [4.69, 9.17) is 4.74 Å². The van der Waals surface area contributed by atoms with E-state index in [1.165, 1.54) is 398 Å². The molecule has 0 bridgehead atoms. The fourth-order valence-electron chi connectivity index (χ4n) is 13.3. The summed E-state index contributed by atoms with van der Waals surface area (Å²) in [6.07, 6.45) is 106. The molecule has 0 aromatic heterocycles. The summed E-state index contributed by atoms with van der Waals surface area (Å²) in [4.78, 5) is 24.6. The van der Waals surface area contributed by atoms with Crippen LogP contribution in [-0.4, -0.2) is 47.4 Å². The molecule has 0 heterocycles. The third-order valence-corrected chi connectivity index (χ3v) is 19.7. The van der Waals surface area contributed by atoms with Gasteiger partial charge in [0.1, 0.15) is 0 Å². The summed E-state index contributed by atoms with van der Waals surface area (Å²) in [7, 11) is 0. The fourth-order valence-corrected chi connectivity index (χ4v) is 13.3. The summed E-state index contributed by atoms with van der Waals surface area (Å²) >= 11 is 0. The number of carbonyl (C=O) groups excluding carboxylic acids is 2. The Balaban J connectivity index is 3.38. The Hall–Kier alpha value is -1.92. The highest BCUT2D eigenvalue weighted by Crippen LogP contribution is 2.20.